The molecule has 4 rings (SSSR count). The van der Waals surface area contributed by atoms with Crippen molar-refractivity contribution in [2.45, 2.75) is 94.9 Å². The third kappa shape index (κ3) is 11.4. The molecule has 0 radical (unpaired) electrons. The Balaban J connectivity index is 0.00000504. The van der Waals surface area contributed by atoms with Gasteiger partial charge in [0.1, 0.15) is 26.5 Å². The van der Waals surface area contributed by atoms with E-state index in [0.29, 0.717) is 23.8 Å². The largest absolute Gasteiger partial charge is 1.00 e. The summed E-state index contributed by atoms with van der Waals surface area (Å²) in [6, 6.07) is 9.93. The van der Waals surface area contributed by atoms with Gasteiger partial charge in [-0.2, -0.15) is 8.42 Å². The van der Waals surface area contributed by atoms with Crippen molar-refractivity contribution < 1.29 is 103 Å². The van der Waals surface area contributed by atoms with Gasteiger partial charge in [0, 0.05) is 10.4 Å². The van der Waals surface area contributed by atoms with Crippen LogP contribution < -0.4 is 73.7 Å². The number of fused-ring (bicyclic) bond motifs is 1. The third-order valence-corrected chi connectivity index (χ3v) is 11.6. The second-order valence-corrected chi connectivity index (χ2v) is 19.5. The van der Waals surface area contributed by atoms with Crippen LogP contribution in [0.5, 0.6) is 11.5 Å². The molecule has 2 N–H and O–H groups in total. The van der Waals surface area contributed by atoms with Gasteiger partial charge in [0.2, 0.25) is 0 Å². The Morgan fingerprint density at radius 3 is 2.02 bits per heavy atom. The van der Waals surface area contributed by atoms with Crippen molar-refractivity contribution in [2.75, 3.05) is 4.72 Å². The van der Waals surface area contributed by atoms with E-state index in [1.54, 1.807) is 32.9 Å². The molecule has 0 aromatic heterocycles. The van der Waals surface area contributed by atoms with E-state index in [0.717, 1.165) is 12.0 Å². The number of ether oxygens (including phenoxy) is 1. The van der Waals surface area contributed by atoms with E-state index < -0.39 is 67.9 Å². The van der Waals surface area contributed by atoms with Gasteiger partial charge in [-0.25, -0.2) is 16.8 Å². The van der Waals surface area contributed by atoms with Crippen LogP contribution in [-0.4, -0.2) is 40.5 Å². The fraction of sp³-hybridized carbons (Fsp3) is 0.371. The molecular weight excluding hydrogens is 800 g/mol. The predicted octanol–water partition coefficient (Wildman–Crippen LogP) is 2.06. The minimum absolute atomic E-state index is 0. The average Bonchev–Trinajstić information content (AvgIpc) is 2.96. The third-order valence-electron chi connectivity index (χ3n) is 7.99. The maximum Gasteiger partial charge on any atom is 1.00 e. The summed E-state index contributed by atoms with van der Waals surface area (Å²) in [5.74, 6) is -0.996. The van der Waals surface area contributed by atoms with Gasteiger partial charge < -0.3 is 14.4 Å². The number of halogens is 1. The van der Waals surface area contributed by atoms with Gasteiger partial charge in [-0.15, -0.1) is 10.2 Å². The van der Waals surface area contributed by atoms with Crippen LogP contribution in [0, 0.1) is 19.3 Å². The zero-order valence-corrected chi connectivity index (χ0v) is 39.2. The van der Waals surface area contributed by atoms with Crippen LogP contribution in [0.1, 0.15) is 71.6 Å². The van der Waals surface area contributed by atoms with Crippen LogP contribution in [-0.2, 0) is 35.7 Å². The summed E-state index contributed by atoms with van der Waals surface area (Å²) < 4.78 is 107. The Hall–Kier alpha value is -1.80. The van der Waals surface area contributed by atoms with Gasteiger partial charge in [-0.1, -0.05) is 58.0 Å². The van der Waals surface area contributed by atoms with Gasteiger partial charge >= 0.3 is 59.1 Å². The molecule has 0 heterocycles. The van der Waals surface area contributed by atoms with E-state index in [9.17, 15) is 39.5 Å². The van der Waals surface area contributed by atoms with E-state index in [4.69, 9.17) is 16.3 Å². The summed E-state index contributed by atoms with van der Waals surface area (Å²) in [7, 11) is -15.1. The summed E-state index contributed by atoms with van der Waals surface area (Å²) in [5, 5.41) is 21.6. The predicted molar refractivity (Wildman–Crippen MR) is 196 cm³/mol. The normalized spacial score (nSPS) is 12.8. The number of nitrogens with one attached hydrogen (secondary N) is 1. The molecule has 282 valence electrons. The standard InChI is InChI=1S/C35H42ClN3O10S3.2Na/c1-19(2)49-28-11-10-23(35(8,9)18-34(5,6)7)16-26(28)37-38-32-30(52(46,47)48)15-22-14-24(51(43,44)45)17-27(31(22)33(32)40)39-50(41,42)29-13-20(3)25(36)12-21(29)4;;/h10-17,19,39-40H,18H2,1-9H3,(H,43,44,45)(H,46,47,48);;/q;2*+1/p-2. The van der Waals surface area contributed by atoms with Gasteiger partial charge in [-0.05, 0) is 109 Å². The van der Waals surface area contributed by atoms with Crippen LogP contribution in [0.4, 0.5) is 17.1 Å². The molecule has 0 bridgehead atoms. The number of rotatable bonds is 11. The fourth-order valence-electron chi connectivity index (χ4n) is 6.11. The van der Waals surface area contributed by atoms with Crippen molar-refractivity contribution in [3.8, 4) is 11.5 Å². The van der Waals surface area contributed by atoms with Crippen molar-refractivity contribution in [2.24, 2.45) is 15.6 Å². The summed E-state index contributed by atoms with van der Waals surface area (Å²) in [6.45, 7) is 16.9. The van der Waals surface area contributed by atoms with Crippen LogP contribution in [0.25, 0.3) is 10.8 Å². The molecule has 0 atom stereocenters. The molecule has 13 nitrogen and oxygen atoms in total. The number of aryl methyl sites for hydroxylation is 2. The number of hydrogen-bond acceptors (Lipinski definition) is 11. The molecule has 54 heavy (non-hydrogen) atoms. The molecule has 0 amide bonds. The van der Waals surface area contributed by atoms with E-state index in [-0.39, 0.29) is 103 Å². The van der Waals surface area contributed by atoms with Crippen molar-refractivity contribution >= 4 is 69.7 Å². The first-order valence-electron chi connectivity index (χ1n) is 15.9. The van der Waals surface area contributed by atoms with Crippen molar-refractivity contribution in [3.05, 3.63) is 70.2 Å². The van der Waals surface area contributed by atoms with Gasteiger partial charge in [-0.3, -0.25) is 9.27 Å². The van der Waals surface area contributed by atoms with Crippen LogP contribution >= 0.6 is 11.6 Å². The summed E-state index contributed by atoms with van der Waals surface area (Å²) in [6.07, 6.45) is 0.444. The number of hydrogen-bond donors (Lipinski definition) is 2. The Labute approximate surface area is 366 Å². The fourth-order valence-corrected chi connectivity index (χ4v) is 8.89. The van der Waals surface area contributed by atoms with Crippen molar-refractivity contribution in [1.29, 1.82) is 0 Å². The first kappa shape index (κ1) is 48.3. The van der Waals surface area contributed by atoms with Crippen molar-refractivity contribution in [3.63, 3.8) is 0 Å². The number of azo groups is 1. The van der Waals surface area contributed by atoms with Gasteiger partial charge in [0.05, 0.1) is 27.3 Å². The molecule has 0 fully saturated rings. The molecule has 0 aliphatic heterocycles. The zero-order chi connectivity index (χ0) is 39.4. The average molecular weight is 840 g/mol. The Bertz CT molecular complexity index is 2450. The zero-order valence-electron chi connectivity index (χ0n) is 32.0. The Kier molecular flexibility index (Phi) is 15.5. The molecule has 0 spiro atoms. The smallest absolute Gasteiger partial charge is 0.870 e. The Morgan fingerprint density at radius 1 is 0.870 bits per heavy atom. The van der Waals surface area contributed by atoms with Crippen LogP contribution in [0.3, 0.4) is 0 Å². The van der Waals surface area contributed by atoms with Crippen LogP contribution in [0.2, 0.25) is 5.02 Å². The summed E-state index contributed by atoms with van der Waals surface area (Å²) in [4.78, 5) is -2.32. The quantitative estimate of drug-likeness (QED) is 0.127. The molecule has 19 heteroatoms. The first-order chi connectivity index (χ1) is 23.6. The molecule has 0 aliphatic carbocycles. The molecule has 4 aromatic carbocycles. The maximum absolute atomic E-state index is 14.2. The van der Waals surface area contributed by atoms with Crippen LogP contribution in [0.15, 0.2) is 73.4 Å². The number of nitrogens with zero attached hydrogens (tertiary/aromatic N) is 2. The van der Waals surface area contributed by atoms with Crippen molar-refractivity contribution in [1.82, 2.24) is 0 Å². The number of sulfonamides is 1. The maximum atomic E-state index is 14.2. The summed E-state index contributed by atoms with van der Waals surface area (Å²) in [5.41, 5.74) is -0.463. The Morgan fingerprint density at radius 2 is 1.48 bits per heavy atom. The second-order valence-electron chi connectivity index (χ2n) is 14.7. The first-order valence-corrected chi connectivity index (χ1v) is 20.6. The van der Waals surface area contributed by atoms with Gasteiger partial charge in [0.25, 0.3) is 20.1 Å². The van der Waals surface area contributed by atoms with E-state index in [2.05, 4.69) is 35.7 Å². The molecule has 0 aliphatic rings. The molecule has 4 aromatic rings. The van der Waals surface area contributed by atoms with Gasteiger partial charge in [0.15, 0.2) is 0 Å². The minimum atomic E-state index is -5.29. The second kappa shape index (κ2) is 17.4. The topological polar surface area (TPSA) is 215 Å². The van der Waals surface area contributed by atoms with E-state index in [1.807, 2.05) is 19.9 Å². The summed E-state index contributed by atoms with van der Waals surface area (Å²) >= 11 is 6.14. The molecular formula is C35H40ClN3Na2O10S3. The molecule has 0 saturated carbocycles. The number of benzene rings is 4. The monoisotopic (exact) mass is 839 g/mol. The molecule has 0 saturated heterocycles. The molecule has 0 unspecified atom stereocenters. The van der Waals surface area contributed by atoms with E-state index in [1.165, 1.54) is 19.1 Å². The SMILES string of the molecule is Cc1cc(S(=O)(=O)Nc2cc(S(=O)(=O)[O-])cc3cc(S(=O)(=O)O)c(N=Nc4cc(C(C)(C)CC(C)(C)C)ccc4OC(C)C)c([O-])c23)c(C)cc1Cl.[Na+].[Na+]. The van der Waals surface area contributed by atoms with E-state index >= 15 is 0 Å². The minimum Gasteiger partial charge on any atom is -0.870 e. The number of anilines is 1.